The molecule has 0 unspecified atom stereocenters. The highest BCUT2D eigenvalue weighted by atomic mass is 16.2. The van der Waals surface area contributed by atoms with Gasteiger partial charge < -0.3 is 10.3 Å². The van der Waals surface area contributed by atoms with E-state index in [-0.39, 0.29) is 11.3 Å². The van der Waals surface area contributed by atoms with Gasteiger partial charge in [0.05, 0.1) is 6.54 Å². The van der Waals surface area contributed by atoms with Gasteiger partial charge in [-0.15, -0.1) is 0 Å². The zero-order valence-electron chi connectivity index (χ0n) is 9.14. The van der Waals surface area contributed by atoms with Crippen molar-refractivity contribution in [2.24, 2.45) is 5.41 Å². The Bertz CT molecular complexity index is 322. The first-order valence-electron chi connectivity index (χ1n) is 4.68. The highest BCUT2D eigenvalue weighted by Gasteiger charge is 2.20. The highest BCUT2D eigenvalue weighted by Crippen LogP contribution is 2.12. The summed E-state index contributed by atoms with van der Waals surface area (Å²) in [7, 11) is 0. The summed E-state index contributed by atoms with van der Waals surface area (Å²) in [5.41, 5.74) is 0.659. The quantitative estimate of drug-likeness (QED) is 0.749. The molecule has 14 heavy (non-hydrogen) atoms. The van der Waals surface area contributed by atoms with Gasteiger partial charge in [-0.25, -0.2) is 4.98 Å². The molecule has 0 spiro atoms. The molecular weight excluding hydrogens is 178 g/mol. The van der Waals surface area contributed by atoms with E-state index < -0.39 is 0 Å². The van der Waals surface area contributed by atoms with Crippen LogP contribution in [0, 0.1) is 12.3 Å². The van der Waals surface area contributed by atoms with Crippen LogP contribution in [0.3, 0.4) is 0 Å². The number of H-pyrrole nitrogens is 1. The number of imidazole rings is 1. The molecule has 1 aromatic rings. The van der Waals surface area contributed by atoms with Gasteiger partial charge in [-0.05, 0) is 6.92 Å². The van der Waals surface area contributed by atoms with Crippen molar-refractivity contribution in [1.82, 2.24) is 15.3 Å². The largest absolute Gasteiger partial charge is 0.348 e. The summed E-state index contributed by atoms with van der Waals surface area (Å²) in [5, 5.41) is 2.82. The van der Waals surface area contributed by atoms with E-state index in [4.69, 9.17) is 0 Å². The third-order valence-corrected chi connectivity index (χ3v) is 1.85. The topological polar surface area (TPSA) is 57.8 Å². The summed E-state index contributed by atoms with van der Waals surface area (Å²) >= 11 is 0. The third-order valence-electron chi connectivity index (χ3n) is 1.85. The molecule has 0 radical (unpaired) electrons. The van der Waals surface area contributed by atoms with Crippen LogP contribution in [0.4, 0.5) is 0 Å². The molecule has 0 bridgehead atoms. The van der Waals surface area contributed by atoms with E-state index in [0.717, 1.165) is 11.5 Å². The summed E-state index contributed by atoms with van der Waals surface area (Å²) < 4.78 is 0. The van der Waals surface area contributed by atoms with E-state index in [1.165, 1.54) is 0 Å². The lowest BCUT2D eigenvalue weighted by molar-refractivity contribution is -0.128. The molecular formula is C10H17N3O. The fourth-order valence-electron chi connectivity index (χ4n) is 0.986. The highest BCUT2D eigenvalue weighted by molar-refractivity contribution is 5.81. The van der Waals surface area contributed by atoms with E-state index in [2.05, 4.69) is 15.3 Å². The average Bonchev–Trinajstić information content (AvgIpc) is 2.45. The van der Waals surface area contributed by atoms with Crippen LogP contribution >= 0.6 is 0 Å². The van der Waals surface area contributed by atoms with Crippen LogP contribution in [0.25, 0.3) is 0 Å². The first kappa shape index (κ1) is 10.8. The Morgan fingerprint density at radius 3 is 2.64 bits per heavy atom. The number of amides is 1. The molecule has 0 aliphatic carbocycles. The maximum absolute atomic E-state index is 11.5. The second-order valence-corrected chi connectivity index (χ2v) is 4.45. The minimum atomic E-state index is -0.346. The van der Waals surface area contributed by atoms with Gasteiger partial charge in [0, 0.05) is 17.3 Å². The van der Waals surface area contributed by atoms with Crippen molar-refractivity contribution in [3.63, 3.8) is 0 Å². The number of hydrogen-bond donors (Lipinski definition) is 2. The normalized spacial score (nSPS) is 11.4. The molecule has 0 saturated heterocycles. The summed E-state index contributed by atoms with van der Waals surface area (Å²) in [6.07, 6.45) is 1.75. The van der Waals surface area contributed by atoms with Gasteiger partial charge in [0.1, 0.15) is 5.82 Å². The minimum absolute atomic E-state index is 0.0338. The van der Waals surface area contributed by atoms with Gasteiger partial charge in [-0.2, -0.15) is 0 Å². The Kier molecular flexibility index (Phi) is 2.93. The number of aromatic amines is 1. The summed E-state index contributed by atoms with van der Waals surface area (Å²) in [6.45, 7) is 8.05. The van der Waals surface area contributed by atoms with Crippen LogP contribution in [0.5, 0.6) is 0 Å². The molecule has 4 heteroatoms. The van der Waals surface area contributed by atoms with Gasteiger partial charge in [-0.1, -0.05) is 20.8 Å². The average molecular weight is 195 g/mol. The zero-order chi connectivity index (χ0) is 10.8. The number of nitrogens with one attached hydrogen (secondary N) is 2. The van der Waals surface area contributed by atoms with Crippen molar-refractivity contribution in [2.45, 2.75) is 34.2 Å². The Balaban J connectivity index is 2.46. The summed E-state index contributed by atoms with van der Waals surface area (Å²) in [5.74, 6) is 0.826. The van der Waals surface area contributed by atoms with Crippen LogP contribution < -0.4 is 5.32 Å². The lowest BCUT2D eigenvalue weighted by atomic mass is 9.96. The van der Waals surface area contributed by atoms with Crippen LogP contribution in [0.15, 0.2) is 6.20 Å². The molecule has 1 heterocycles. The first-order valence-corrected chi connectivity index (χ1v) is 4.68. The van der Waals surface area contributed by atoms with Crippen molar-refractivity contribution in [3.05, 3.63) is 17.7 Å². The molecule has 78 valence electrons. The lowest BCUT2D eigenvalue weighted by Gasteiger charge is -2.16. The number of aromatic nitrogens is 2. The summed E-state index contributed by atoms with van der Waals surface area (Å²) in [4.78, 5) is 18.6. The van der Waals surface area contributed by atoms with Crippen molar-refractivity contribution in [3.8, 4) is 0 Å². The molecule has 0 aliphatic heterocycles. The van der Waals surface area contributed by atoms with Crippen molar-refractivity contribution < 1.29 is 4.79 Å². The third kappa shape index (κ3) is 2.87. The van der Waals surface area contributed by atoms with E-state index in [1.54, 1.807) is 6.20 Å². The molecule has 1 aromatic heterocycles. The van der Waals surface area contributed by atoms with Crippen LogP contribution in [-0.2, 0) is 11.3 Å². The fraction of sp³-hybridized carbons (Fsp3) is 0.600. The van der Waals surface area contributed by atoms with E-state index in [0.29, 0.717) is 6.54 Å². The first-order chi connectivity index (χ1) is 6.39. The van der Waals surface area contributed by atoms with Gasteiger partial charge in [0.15, 0.2) is 0 Å². The number of rotatable bonds is 2. The number of hydrogen-bond acceptors (Lipinski definition) is 2. The van der Waals surface area contributed by atoms with Crippen LogP contribution in [0.1, 0.15) is 32.3 Å². The number of carbonyl (C=O) groups is 1. The second-order valence-electron chi connectivity index (χ2n) is 4.45. The SMILES string of the molecule is Cc1cnc(CNC(=O)C(C)(C)C)[nH]1. The van der Waals surface area contributed by atoms with E-state index >= 15 is 0 Å². The van der Waals surface area contributed by atoms with Gasteiger partial charge in [0.25, 0.3) is 0 Å². The predicted molar refractivity (Wildman–Crippen MR) is 54.6 cm³/mol. The molecule has 0 atom stereocenters. The Morgan fingerprint density at radius 2 is 2.21 bits per heavy atom. The molecule has 1 amide bonds. The maximum Gasteiger partial charge on any atom is 0.225 e. The molecule has 1 rings (SSSR count). The Labute approximate surface area is 84.1 Å². The molecule has 0 fully saturated rings. The van der Waals surface area contributed by atoms with Crippen molar-refractivity contribution >= 4 is 5.91 Å². The number of carbonyl (C=O) groups excluding carboxylic acids is 1. The van der Waals surface area contributed by atoms with Crippen molar-refractivity contribution in [2.75, 3.05) is 0 Å². The second kappa shape index (κ2) is 3.82. The Hall–Kier alpha value is -1.32. The lowest BCUT2D eigenvalue weighted by Crippen LogP contribution is -2.34. The molecule has 0 aromatic carbocycles. The summed E-state index contributed by atoms with van der Waals surface area (Å²) in [6, 6.07) is 0. The fourth-order valence-corrected chi connectivity index (χ4v) is 0.986. The van der Waals surface area contributed by atoms with Crippen LogP contribution in [-0.4, -0.2) is 15.9 Å². The Morgan fingerprint density at radius 1 is 1.57 bits per heavy atom. The molecule has 0 aliphatic rings. The standard InChI is InChI=1S/C10H17N3O/c1-7-5-11-8(13-7)6-12-9(14)10(2,3)4/h5H,6H2,1-4H3,(H,11,13)(H,12,14). The zero-order valence-corrected chi connectivity index (χ0v) is 9.14. The molecule has 0 saturated carbocycles. The van der Waals surface area contributed by atoms with Gasteiger partial charge >= 0.3 is 0 Å². The maximum atomic E-state index is 11.5. The number of nitrogens with zero attached hydrogens (tertiary/aromatic N) is 1. The number of aryl methyl sites for hydroxylation is 1. The predicted octanol–water partition coefficient (Wildman–Crippen LogP) is 1.38. The van der Waals surface area contributed by atoms with Crippen molar-refractivity contribution in [1.29, 1.82) is 0 Å². The van der Waals surface area contributed by atoms with Gasteiger partial charge in [0.2, 0.25) is 5.91 Å². The molecule has 4 nitrogen and oxygen atoms in total. The van der Waals surface area contributed by atoms with E-state index in [9.17, 15) is 4.79 Å². The van der Waals surface area contributed by atoms with E-state index in [1.807, 2.05) is 27.7 Å². The minimum Gasteiger partial charge on any atom is -0.348 e. The smallest absolute Gasteiger partial charge is 0.225 e. The monoisotopic (exact) mass is 195 g/mol. The van der Waals surface area contributed by atoms with Crippen LogP contribution in [0.2, 0.25) is 0 Å². The molecule has 2 N–H and O–H groups in total. The van der Waals surface area contributed by atoms with Gasteiger partial charge in [-0.3, -0.25) is 4.79 Å².